The maximum Gasteiger partial charge on any atom is 0.341 e. The number of carbonyl (C=O) groups excluding carboxylic acids is 2. The molecule has 0 unspecified atom stereocenters. The Morgan fingerprint density at radius 1 is 1.16 bits per heavy atom. The van der Waals surface area contributed by atoms with Crippen LogP contribution in [-0.4, -0.2) is 23.5 Å². The fourth-order valence-electron chi connectivity index (χ4n) is 3.20. The smallest absolute Gasteiger partial charge is 0.341 e. The van der Waals surface area contributed by atoms with Crippen LogP contribution in [-0.2, 0) is 4.74 Å². The number of thiophene rings is 1. The second-order valence-electron chi connectivity index (χ2n) is 6.54. The number of aromatic nitrogens is 1. The zero-order valence-corrected chi connectivity index (χ0v) is 19.5. The largest absolute Gasteiger partial charge is 0.462 e. The maximum absolute atomic E-state index is 13.2. The molecule has 1 amide bonds. The highest BCUT2D eigenvalue weighted by Crippen LogP contribution is 2.37. The first-order valence-electron chi connectivity index (χ1n) is 9.39. The fourth-order valence-corrected chi connectivity index (χ4v) is 4.62. The van der Waals surface area contributed by atoms with Crippen molar-refractivity contribution in [3.05, 3.63) is 80.7 Å². The van der Waals surface area contributed by atoms with E-state index in [0.29, 0.717) is 32.6 Å². The molecule has 2 aromatic carbocycles. The van der Waals surface area contributed by atoms with Crippen molar-refractivity contribution in [3.8, 4) is 11.1 Å². The molecule has 8 heteroatoms. The van der Waals surface area contributed by atoms with Crippen LogP contribution in [0.15, 0.2) is 64.5 Å². The molecule has 4 rings (SSSR count). The summed E-state index contributed by atoms with van der Waals surface area (Å²) in [5.74, 6) is -0.871. The standard InChI is InChI=1S/C23H16BrClN2O3S/c1-2-30-23(29)20-17(13-7-9-14(24)10-8-13)12-31-22(20)27-21(28)16-11-19(25)26-18-6-4-3-5-15(16)18/h3-12H,2H2,1H3,(H,27,28). The van der Waals surface area contributed by atoms with Gasteiger partial charge in [-0.3, -0.25) is 4.79 Å². The third-order valence-corrected chi connectivity index (χ3v) is 6.20. The zero-order chi connectivity index (χ0) is 22.0. The Labute approximate surface area is 196 Å². The summed E-state index contributed by atoms with van der Waals surface area (Å²) in [4.78, 5) is 30.2. The number of esters is 1. The molecule has 0 saturated carbocycles. The number of halogens is 2. The summed E-state index contributed by atoms with van der Waals surface area (Å²) >= 11 is 10.8. The number of ether oxygens (including phenoxy) is 1. The Morgan fingerprint density at radius 3 is 2.65 bits per heavy atom. The summed E-state index contributed by atoms with van der Waals surface area (Å²) in [5, 5.41) is 6.01. The lowest BCUT2D eigenvalue weighted by atomic mass is 10.0. The number of pyridine rings is 1. The predicted molar refractivity (Wildman–Crippen MR) is 128 cm³/mol. The Bertz CT molecular complexity index is 1290. The number of carbonyl (C=O) groups is 2. The topological polar surface area (TPSA) is 68.3 Å². The van der Waals surface area contributed by atoms with Crippen molar-refractivity contribution in [2.75, 3.05) is 11.9 Å². The van der Waals surface area contributed by atoms with Crippen LogP contribution < -0.4 is 5.32 Å². The molecule has 2 aromatic heterocycles. The third-order valence-electron chi connectivity index (χ3n) is 4.58. The normalized spacial score (nSPS) is 10.8. The number of hydrogen-bond acceptors (Lipinski definition) is 5. The van der Waals surface area contributed by atoms with E-state index in [1.165, 1.54) is 17.4 Å². The Hall–Kier alpha value is -2.74. The molecule has 0 saturated heterocycles. The van der Waals surface area contributed by atoms with Gasteiger partial charge in [0.05, 0.1) is 17.7 Å². The van der Waals surface area contributed by atoms with E-state index >= 15 is 0 Å². The SMILES string of the molecule is CCOC(=O)c1c(-c2ccc(Br)cc2)csc1NC(=O)c1cc(Cl)nc2ccccc12. The number of nitrogens with zero attached hydrogens (tertiary/aromatic N) is 1. The highest BCUT2D eigenvalue weighted by Gasteiger charge is 2.24. The number of anilines is 1. The molecule has 0 spiro atoms. The molecule has 4 aromatic rings. The number of benzene rings is 2. The van der Waals surface area contributed by atoms with E-state index in [4.69, 9.17) is 16.3 Å². The Morgan fingerprint density at radius 2 is 1.90 bits per heavy atom. The van der Waals surface area contributed by atoms with E-state index in [1.807, 2.05) is 47.8 Å². The van der Waals surface area contributed by atoms with Crippen molar-refractivity contribution in [3.63, 3.8) is 0 Å². The number of para-hydroxylation sites is 1. The van der Waals surface area contributed by atoms with E-state index in [1.54, 1.807) is 13.0 Å². The zero-order valence-electron chi connectivity index (χ0n) is 16.3. The van der Waals surface area contributed by atoms with Gasteiger partial charge in [-0.1, -0.05) is 57.9 Å². The van der Waals surface area contributed by atoms with Gasteiger partial charge in [0.25, 0.3) is 5.91 Å². The van der Waals surface area contributed by atoms with Gasteiger partial charge in [0.2, 0.25) is 0 Å². The van der Waals surface area contributed by atoms with Crippen LogP contribution in [0.25, 0.3) is 22.0 Å². The van der Waals surface area contributed by atoms with Crippen molar-refractivity contribution < 1.29 is 14.3 Å². The Balaban J connectivity index is 1.76. The molecule has 156 valence electrons. The molecule has 0 aliphatic rings. The van der Waals surface area contributed by atoms with Crippen molar-refractivity contribution >= 4 is 66.6 Å². The van der Waals surface area contributed by atoms with Gasteiger partial charge in [-0.25, -0.2) is 9.78 Å². The lowest BCUT2D eigenvalue weighted by Crippen LogP contribution is -2.15. The third kappa shape index (κ3) is 4.49. The second-order valence-corrected chi connectivity index (χ2v) is 8.73. The monoisotopic (exact) mass is 514 g/mol. The number of nitrogens with one attached hydrogen (secondary N) is 1. The van der Waals surface area contributed by atoms with Gasteiger partial charge >= 0.3 is 5.97 Å². The molecular weight excluding hydrogens is 500 g/mol. The minimum absolute atomic E-state index is 0.219. The first-order valence-corrected chi connectivity index (χ1v) is 11.4. The number of hydrogen-bond donors (Lipinski definition) is 1. The van der Waals surface area contributed by atoms with Crippen molar-refractivity contribution in [1.82, 2.24) is 4.98 Å². The first kappa shape index (κ1) is 21.5. The number of fused-ring (bicyclic) bond motifs is 1. The average molecular weight is 516 g/mol. The van der Waals surface area contributed by atoms with Gasteiger partial charge in [0.1, 0.15) is 15.7 Å². The van der Waals surface area contributed by atoms with Gasteiger partial charge in [0.15, 0.2) is 0 Å². The molecular formula is C23H16BrClN2O3S. The summed E-state index contributed by atoms with van der Waals surface area (Å²) in [6, 6.07) is 16.4. The van der Waals surface area contributed by atoms with E-state index < -0.39 is 5.97 Å². The predicted octanol–water partition coefficient (Wildman–Crippen LogP) is 6.81. The molecule has 0 bridgehead atoms. The van der Waals surface area contributed by atoms with Crippen molar-refractivity contribution in [2.45, 2.75) is 6.92 Å². The van der Waals surface area contributed by atoms with Gasteiger partial charge < -0.3 is 10.1 Å². The Kier molecular flexibility index (Phi) is 6.36. The fraction of sp³-hybridized carbons (Fsp3) is 0.0870. The molecule has 1 N–H and O–H groups in total. The molecule has 0 fully saturated rings. The molecule has 0 atom stereocenters. The van der Waals surface area contributed by atoms with Crippen LogP contribution in [0.4, 0.5) is 5.00 Å². The van der Waals surface area contributed by atoms with Gasteiger partial charge in [-0.05, 0) is 36.8 Å². The number of rotatable bonds is 5. The van der Waals surface area contributed by atoms with E-state index in [2.05, 4.69) is 26.2 Å². The molecule has 0 aliphatic heterocycles. The summed E-state index contributed by atoms with van der Waals surface area (Å²) in [5.41, 5.74) is 2.87. The van der Waals surface area contributed by atoms with Crippen LogP contribution >= 0.6 is 38.9 Å². The van der Waals surface area contributed by atoms with Crippen LogP contribution in [0.2, 0.25) is 5.15 Å². The van der Waals surface area contributed by atoms with E-state index in [0.717, 1.165) is 10.0 Å². The average Bonchev–Trinajstić information content (AvgIpc) is 3.17. The lowest BCUT2D eigenvalue weighted by molar-refractivity contribution is 0.0529. The van der Waals surface area contributed by atoms with Gasteiger partial charge in [0, 0.05) is 20.8 Å². The minimum Gasteiger partial charge on any atom is -0.462 e. The van der Waals surface area contributed by atoms with Crippen LogP contribution in [0, 0.1) is 0 Å². The summed E-state index contributed by atoms with van der Waals surface area (Å²) in [6.07, 6.45) is 0. The van der Waals surface area contributed by atoms with Crippen LogP contribution in [0.3, 0.4) is 0 Å². The van der Waals surface area contributed by atoms with Crippen LogP contribution in [0.1, 0.15) is 27.6 Å². The summed E-state index contributed by atoms with van der Waals surface area (Å²) < 4.78 is 6.20. The maximum atomic E-state index is 13.2. The minimum atomic E-state index is -0.491. The number of amides is 1. The van der Waals surface area contributed by atoms with E-state index in [9.17, 15) is 9.59 Å². The quantitative estimate of drug-likeness (QED) is 0.234. The molecule has 31 heavy (non-hydrogen) atoms. The van der Waals surface area contributed by atoms with Crippen molar-refractivity contribution in [2.24, 2.45) is 0 Å². The summed E-state index contributed by atoms with van der Waals surface area (Å²) in [7, 11) is 0. The molecule has 0 aliphatic carbocycles. The second kappa shape index (κ2) is 9.18. The lowest BCUT2D eigenvalue weighted by Gasteiger charge is -2.10. The molecule has 2 heterocycles. The van der Waals surface area contributed by atoms with Gasteiger partial charge in [-0.2, -0.15) is 0 Å². The first-order chi connectivity index (χ1) is 15.0. The molecule has 0 radical (unpaired) electrons. The summed E-state index contributed by atoms with van der Waals surface area (Å²) in [6.45, 7) is 1.97. The van der Waals surface area contributed by atoms with E-state index in [-0.39, 0.29) is 17.7 Å². The highest BCUT2D eigenvalue weighted by molar-refractivity contribution is 9.10. The van der Waals surface area contributed by atoms with Crippen LogP contribution in [0.5, 0.6) is 0 Å². The van der Waals surface area contributed by atoms with Gasteiger partial charge in [-0.15, -0.1) is 11.3 Å². The van der Waals surface area contributed by atoms with Crippen molar-refractivity contribution in [1.29, 1.82) is 0 Å². The highest BCUT2D eigenvalue weighted by atomic mass is 79.9. The molecule has 5 nitrogen and oxygen atoms in total.